The minimum absolute atomic E-state index is 0.254. The van der Waals surface area contributed by atoms with Crippen LogP contribution in [-0.2, 0) is 4.79 Å². The molecule has 1 aromatic rings. The fraction of sp³-hybridized carbons (Fsp3) is 0.182. The van der Waals surface area contributed by atoms with Gasteiger partial charge >= 0.3 is 6.03 Å². The number of hydrogen-bond acceptors (Lipinski definition) is 4. The number of carbonyl (C=O) groups excluding carboxylic acids is 2. The lowest BCUT2D eigenvalue weighted by molar-refractivity contribution is -0.120. The third kappa shape index (κ3) is 2.83. The van der Waals surface area contributed by atoms with Crippen LogP contribution in [0.3, 0.4) is 0 Å². The maximum Gasteiger partial charge on any atom is 0.336 e. The molecular weight excluding hydrogens is 234 g/mol. The topological polar surface area (TPSA) is 94.6 Å². The van der Waals surface area contributed by atoms with Crippen LogP contribution in [0.4, 0.5) is 4.79 Å². The van der Waals surface area contributed by atoms with Crippen molar-refractivity contribution < 1.29 is 9.59 Å². The quantitative estimate of drug-likeness (QED) is 0.551. The maximum atomic E-state index is 11.2. The maximum absolute atomic E-state index is 11.2. The number of amides is 3. The van der Waals surface area contributed by atoms with Gasteiger partial charge in [0.2, 0.25) is 5.91 Å². The van der Waals surface area contributed by atoms with Gasteiger partial charge in [-0.05, 0) is 0 Å². The SMILES string of the molecule is CC(=O)NNC1NC(=O)NN=C1c1ccccc1. The first-order valence-corrected chi connectivity index (χ1v) is 5.38. The molecule has 0 spiro atoms. The van der Waals surface area contributed by atoms with E-state index >= 15 is 0 Å². The number of nitrogens with zero attached hydrogens (tertiary/aromatic N) is 1. The van der Waals surface area contributed by atoms with Gasteiger partial charge in [-0.2, -0.15) is 5.10 Å². The Morgan fingerprint density at radius 2 is 2.06 bits per heavy atom. The second-order valence-corrected chi connectivity index (χ2v) is 3.71. The molecule has 0 saturated heterocycles. The fourth-order valence-electron chi connectivity index (χ4n) is 1.53. The van der Waals surface area contributed by atoms with E-state index in [4.69, 9.17) is 0 Å². The van der Waals surface area contributed by atoms with Crippen LogP contribution in [0.2, 0.25) is 0 Å². The van der Waals surface area contributed by atoms with Crippen molar-refractivity contribution in [3.05, 3.63) is 35.9 Å². The first-order valence-electron chi connectivity index (χ1n) is 5.38. The number of hydrazine groups is 1. The van der Waals surface area contributed by atoms with Crippen LogP contribution in [0.15, 0.2) is 35.4 Å². The highest BCUT2D eigenvalue weighted by atomic mass is 16.2. The van der Waals surface area contributed by atoms with Crippen LogP contribution in [0, 0.1) is 0 Å². The number of rotatable bonds is 3. The van der Waals surface area contributed by atoms with Gasteiger partial charge in [-0.25, -0.2) is 15.6 Å². The van der Waals surface area contributed by atoms with Gasteiger partial charge in [-0.3, -0.25) is 10.2 Å². The number of hydrogen-bond donors (Lipinski definition) is 4. The van der Waals surface area contributed by atoms with Gasteiger partial charge in [-0.1, -0.05) is 30.3 Å². The highest BCUT2D eigenvalue weighted by molar-refractivity contribution is 6.07. The van der Waals surface area contributed by atoms with Gasteiger partial charge in [0, 0.05) is 12.5 Å². The van der Waals surface area contributed by atoms with Crippen molar-refractivity contribution in [1.82, 2.24) is 21.6 Å². The number of hydrazone groups is 1. The molecule has 4 N–H and O–H groups in total. The first kappa shape index (κ1) is 12.1. The average molecular weight is 247 g/mol. The lowest BCUT2D eigenvalue weighted by atomic mass is 10.1. The summed E-state index contributed by atoms with van der Waals surface area (Å²) in [6.07, 6.45) is -0.579. The Labute approximate surface area is 104 Å². The Hall–Kier alpha value is -2.41. The molecule has 0 aliphatic carbocycles. The molecule has 18 heavy (non-hydrogen) atoms. The van der Waals surface area contributed by atoms with Crippen molar-refractivity contribution in [3.63, 3.8) is 0 Å². The van der Waals surface area contributed by atoms with E-state index in [0.29, 0.717) is 5.71 Å². The molecule has 1 aliphatic rings. The second-order valence-electron chi connectivity index (χ2n) is 3.71. The van der Waals surface area contributed by atoms with E-state index in [1.807, 2.05) is 30.3 Å². The van der Waals surface area contributed by atoms with E-state index in [0.717, 1.165) is 5.56 Å². The lowest BCUT2D eigenvalue weighted by Gasteiger charge is -2.25. The molecule has 1 atom stereocenters. The molecule has 7 nitrogen and oxygen atoms in total. The monoisotopic (exact) mass is 247 g/mol. The Morgan fingerprint density at radius 3 is 2.72 bits per heavy atom. The lowest BCUT2D eigenvalue weighted by Crippen LogP contribution is -2.61. The predicted molar refractivity (Wildman–Crippen MR) is 65.4 cm³/mol. The molecule has 0 radical (unpaired) electrons. The predicted octanol–water partition coefficient (Wildman–Crippen LogP) is -0.330. The number of nitrogens with one attached hydrogen (secondary N) is 4. The van der Waals surface area contributed by atoms with Crippen molar-refractivity contribution in [2.75, 3.05) is 0 Å². The van der Waals surface area contributed by atoms with Crippen molar-refractivity contribution in [1.29, 1.82) is 0 Å². The van der Waals surface area contributed by atoms with E-state index in [9.17, 15) is 9.59 Å². The van der Waals surface area contributed by atoms with Crippen LogP contribution in [0.5, 0.6) is 0 Å². The summed E-state index contributed by atoms with van der Waals surface area (Å²) in [6, 6.07) is 8.90. The molecule has 0 bridgehead atoms. The number of urea groups is 1. The molecule has 1 aliphatic heterocycles. The second kappa shape index (κ2) is 5.28. The van der Waals surface area contributed by atoms with Gasteiger partial charge in [0.25, 0.3) is 0 Å². The Kier molecular flexibility index (Phi) is 3.54. The van der Waals surface area contributed by atoms with Crippen LogP contribution in [-0.4, -0.2) is 23.8 Å². The molecule has 1 unspecified atom stereocenters. The van der Waals surface area contributed by atoms with Crippen molar-refractivity contribution in [2.45, 2.75) is 13.1 Å². The summed E-state index contributed by atoms with van der Waals surface area (Å²) < 4.78 is 0. The highest BCUT2D eigenvalue weighted by Gasteiger charge is 2.24. The van der Waals surface area contributed by atoms with Gasteiger partial charge in [0.15, 0.2) is 0 Å². The smallest absolute Gasteiger partial charge is 0.314 e. The van der Waals surface area contributed by atoms with Crippen molar-refractivity contribution in [2.24, 2.45) is 5.10 Å². The molecule has 3 amide bonds. The average Bonchev–Trinajstić information content (AvgIpc) is 2.37. The Bertz CT molecular complexity index is 485. The number of carbonyl (C=O) groups is 2. The molecular formula is C11H13N5O2. The summed E-state index contributed by atoms with van der Waals surface area (Å²) in [5.41, 5.74) is 8.88. The fourth-order valence-corrected chi connectivity index (χ4v) is 1.53. The zero-order chi connectivity index (χ0) is 13.0. The summed E-state index contributed by atoms with van der Waals surface area (Å²) in [7, 11) is 0. The van der Waals surface area contributed by atoms with E-state index in [2.05, 4.69) is 26.7 Å². The Balaban J connectivity index is 2.19. The molecule has 2 rings (SSSR count). The van der Waals surface area contributed by atoms with Crippen LogP contribution >= 0.6 is 0 Å². The number of benzene rings is 1. The molecule has 1 aromatic carbocycles. The third-order valence-corrected chi connectivity index (χ3v) is 2.29. The molecule has 0 fully saturated rings. The third-order valence-electron chi connectivity index (χ3n) is 2.29. The van der Waals surface area contributed by atoms with Gasteiger partial charge in [-0.15, -0.1) is 0 Å². The molecule has 7 heteroatoms. The van der Waals surface area contributed by atoms with Crippen LogP contribution in [0.25, 0.3) is 0 Å². The standard InChI is InChI=1S/C11H13N5O2/c1-7(17)13-15-10-9(14-16-11(18)12-10)8-5-3-2-4-6-8/h2-6,10,15H,1H3,(H,13,17)(H2,12,16,18). The van der Waals surface area contributed by atoms with Crippen molar-refractivity contribution in [3.8, 4) is 0 Å². The summed E-state index contributed by atoms with van der Waals surface area (Å²) in [5.74, 6) is -0.254. The molecule has 0 aromatic heterocycles. The van der Waals surface area contributed by atoms with Gasteiger partial charge < -0.3 is 5.32 Å². The van der Waals surface area contributed by atoms with E-state index in [1.54, 1.807) is 0 Å². The van der Waals surface area contributed by atoms with E-state index in [-0.39, 0.29) is 5.91 Å². The summed E-state index contributed by atoms with van der Waals surface area (Å²) in [5, 5.41) is 6.59. The zero-order valence-corrected chi connectivity index (χ0v) is 9.73. The largest absolute Gasteiger partial charge is 0.336 e. The van der Waals surface area contributed by atoms with Gasteiger partial charge in [0.05, 0.1) is 0 Å². The highest BCUT2D eigenvalue weighted by Crippen LogP contribution is 2.05. The van der Waals surface area contributed by atoms with E-state index < -0.39 is 12.2 Å². The normalized spacial score (nSPS) is 18.4. The first-order chi connectivity index (χ1) is 8.66. The van der Waals surface area contributed by atoms with Crippen LogP contribution < -0.4 is 21.6 Å². The summed E-state index contributed by atoms with van der Waals surface area (Å²) in [4.78, 5) is 22.1. The zero-order valence-electron chi connectivity index (χ0n) is 9.73. The summed E-state index contributed by atoms with van der Waals surface area (Å²) >= 11 is 0. The Morgan fingerprint density at radius 1 is 1.33 bits per heavy atom. The summed E-state index contributed by atoms with van der Waals surface area (Å²) in [6.45, 7) is 1.37. The van der Waals surface area contributed by atoms with E-state index in [1.165, 1.54) is 6.92 Å². The molecule has 94 valence electrons. The van der Waals surface area contributed by atoms with Crippen molar-refractivity contribution >= 4 is 17.6 Å². The minimum atomic E-state index is -0.579. The molecule has 0 saturated carbocycles. The van der Waals surface area contributed by atoms with Gasteiger partial charge in [0.1, 0.15) is 11.9 Å². The minimum Gasteiger partial charge on any atom is -0.314 e. The van der Waals surface area contributed by atoms with Crippen LogP contribution in [0.1, 0.15) is 12.5 Å². The molecule has 1 heterocycles.